The van der Waals surface area contributed by atoms with Crippen molar-refractivity contribution in [1.29, 1.82) is 0 Å². The minimum atomic E-state index is 0.442. The zero-order valence-corrected chi connectivity index (χ0v) is 13.9. The minimum Gasteiger partial charge on any atom is -0.356 e. The molecule has 1 aromatic carbocycles. The predicted molar refractivity (Wildman–Crippen MR) is 90.4 cm³/mol. The Morgan fingerprint density at radius 1 is 1.14 bits per heavy atom. The molecule has 0 N–H and O–H groups in total. The number of anilines is 1. The molecule has 2 nitrogen and oxygen atoms in total. The molecule has 1 heterocycles. The first-order valence-electron chi connectivity index (χ1n) is 8.04. The lowest BCUT2D eigenvalue weighted by Gasteiger charge is -2.34. The molecule has 1 atom stereocenters. The van der Waals surface area contributed by atoms with Gasteiger partial charge < -0.3 is 9.80 Å². The second-order valence-corrected chi connectivity index (χ2v) is 6.39. The Balaban J connectivity index is 2.16. The monoisotopic (exact) mass is 282 g/mol. The van der Waals surface area contributed by atoms with Crippen LogP contribution < -0.4 is 4.90 Å². The molecule has 1 aliphatic heterocycles. The number of benzene rings is 1. The number of allylic oxidation sites excluding steroid dienone is 3. The quantitative estimate of drug-likeness (QED) is 0.778. The van der Waals surface area contributed by atoms with Gasteiger partial charge in [-0.15, -0.1) is 0 Å². The Morgan fingerprint density at radius 3 is 2.43 bits per heavy atom. The Hall–Kier alpha value is -1.70. The highest BCUT2D eigenvalue weighted by atomic mass is 15.4. The lowest BCUT2D eigenvalue weighted by atomic mass is 10.0. The van der Waals surface area contributed by atoms with Crippen LogP contribution in [0.2, 0.25) is 0 Å². The van der Waals surface area contributed by atoms with Crippen LogP contribution in [0.25, 0.3) is 0 Å². The van der Waals surface area contributed by atoms with Gasteiger partial charge in [-0.3, -0.25) is 0 Å². The van der Waals surface area contributed by atoms with Gasteiger partial charge in [-0.2, -0.15) is 0 Å². The van der Waals surface area contributed by atoms with Crippen molar-refractivity contribution in [1.82, 2.24) is 4.90 Å². The molecule has 1 aromatic rings. The van der Waals surface area contributed by atoms with Gasteiger partial charge in [-0.05, 0) is 57.2 Å². The molecule has 3 rings (SSSR count). The van der Waals surface area contributed by atoms with Crippen LogP contribution in [0.3, 0.4) is 0 Å². The molecule has 0 amide bonds. The van der Waals surface area contributed by atoms with Crippen LogP contribution in [0.1, 0.15) is 42.9 Å². The summed E-state index contributed by atoms with van der Waals surface area (Å²) in [5, 5.41) is 0. The van der Waals surface area contributed by atoms with Gasteiger partial charge in [0.25, 0.3) is 0 Å². The second kappa shape index (κ2) is 5.25. The van der Waals surface area contributed by atoms with Crippen LogP contribution in [0, 0.1) is 20.8 Å². The van der Waals surface area contributed by atoms with E-state index in [1.165, 1.54) is 46.6 Å². The maximum absolute atomic E-state index is 2.56. The van der Waals surface area contributed by atoms with E-state index in [0.717, 1.165) is 6.42 Å². The zero-order chi connectivity index (χ0) is 15.1. The Labute approximate surface area is 128 Å². The molecule has 0 saturated carbocycles. The normalized spacial score (nSPS) is 21.3. The summed E-state index contributed by atoms with van der Waals surface area (Å²) in [5.41, 5.74) is 8.42. The van der Waals surface area contributed by atoms with Gasteiger partial charge in [-0.25, -0.2) is 0 Å². The summed E-state index contributed by atoms with van der Waals surface area (Å²) >= 11 is 0. The fraction of sp³-hybridized carbons (Fsp3) is 0.474. The molecule has 1 aliphatic carbocycles. The van der Waals surface area contributed by atoms with Crippen molar-refractivity contribution in [3.05, 3.63) is 52.4 Å². The van der Waals surface area contributed by atoms with E-state index >= 15 is 0 Å². The van der Waals surface area contributed by atoms with E-state index in [1.54, 1.807) is 0 Å². The third-order valence-corrected chi connectivity index (χ3v) is 4.79. The molecule has 21 heavy (non-hydrogen) atoms. The van der Waals surface area contributed by atoms with Crippen molar-refractivity contribution in [2.75, 3.05) is 11.9 Å². The minimum absolute atomic E-state index is 0.442. The largest absolute Gasteiger partial charge is 0.356 e. The van der Waals surface area contributed by atoms with E-state index in [-0.39, 0.29) is 0 Å². The van der Waals surface area contributed by atoms with Crippen molar-refractivity contribution in [3.8, 4) is 0 Å². The Bertz CT molecular complexity index is 601. The number of hydrogen-bond acceptors (Lipinski definition) is 2. The highest BCUT2D eigenvalue weighted by Crippen LogP contribution is 2.41. The van der Waals surface area contributed by atoms with E-state index in [1.807, 2.05) is 0 Å². The average Bonchev–Trinajstić information content (AvgIpc) is 2.71. The van der Waals surface area contributed by atoms with Crippen LogP contribution in [0.15, 0.2) is 35.7 Å². The van der Waals surface area contributed by atoms with Crippen LogP contribution in [0.4, 0.5) is 5.69 Å². The van der Waals surface area contributed by atoms with Gasteiger partial charge in [0.2, 0.25) is 0 Å². The van der Waals surface area contributed by atoms with Crippen molar-refractivity contribution < 1.29 is 0 Å². The summed E-state index contributed by atoms with van der Waals surface area (Å²) in [5.74, 6) is 0. The molecule has 0 spiro atoms. The zero-order valence-electron chi connectivity index (χ0n) is 13.9. The SMILES string of the molecule is CCC1N(C)C2=C(C=CCC2)N1c1c(C)cc(C)cc1C. The highest BCUT2D eigenvalue weighted by molar-refractivity contribution is 5.68. The molecule has 0 radical (unpaired) electrons. The van der Waals surface area contributed by atoms with Gasteiger partial charge in [0.15, 0.2) is 0 Å². The maximum atomic E-state index is 2.56. The number of aryl methyl sites for hydroxylation is 3. The van der Waals surface area contributed by atoms with Gasteiger partial charge in [0.05, 0.1) is 5.70 Å². The van der Waals surface area contributed by atoms with Crippen molar-refractivity contribution >= 4 is 5.69 Å². The van der Waals surface area contributed by atoms with Gasteiger partial charge in [-0.1, -0.05) is 30.7 Å². The van der Waals surface area contributed by atoms with Gasteiger partial charge >= 0.3 is 0 Å². The van der Waals surface area contributed by atoms with E-state index < -0.39 is 0 Å². The van der Waals surface area contributed by atoms with Crippen molar-refractivity contribution in [2.24, 2.45) is 0 Å². The summed E-state index contributed by atoms with van der Waals surface area (Å²) in [4.78, 5) is 5.05. The maximum Gasteiger partial charge on any atom is 0.106 e. The first-order valence-corrected chi connectivity index (χ1v) is 8.04. The molecule has 2 aliphatic rings. The standard InChI is InChI=1S/C19H26N2/c1-6-18-20(5)16-9-7-8-10-17(16)21(18)19-14(3)11-13(2)12-15(19)4/h8,10-12,18H,6-7,9H2,1-5H3. The lowest BCUT2D eigenvalue weighted by molar-refractivity contribution is 0.318. The average molecular weight is 282 g/mol. The summed E-state index contributed by atoms with van der Waals surface area (Å²) in [6.07, 6.45) is 8.54. The van der Waals surface area contributed by atoms with Crippen molar-refractivity contribution in [2.45, 2.75) is 53.1 Å². The van der Waals surface area contributed by atoms with E-state index in [0.29, 0.717) is 6.17 Å². The first kappa shape index (κ1) is 14.2. The fourth-order valence-electron chi connectivity index (χ4n) is 4.01. The summed E-state index contributed by atoms with van der Waals surface area (Å²) in [7, 11) is 2.25. The van der Waals surface area contributed by atoms with E-state index in [4.69, 9.17) is 0 Å². The molecule has 2 heteroatoms. The number of rotatable bonds is 2. The predicted octanol–water partition coefficient (Wildman–Crippen LogP) is 4.66. The summed E-state index contributed by atoms with van der Waals surface area (Å²) in [6, 6.07) is 4.61. The number of nitrogens with zero attached hydrogens (tertiary/aromatic N) is 2. The lowest BCUT2D eigenvalue weighted by Crippen LogP contribution is -2.38. The smallest absolute Gasteiger partial charge is 0.106 e. The highest BCUT2D eigenvalue weighted by Gasteiger charge is 2.36. The van der Waals surface area contributed by atoms with Crippen LogP contribution in [-0.2, 0) is 0 Å². The van der Waals surface area contributed by atoms with Gasteiger partial charge in [0.1, 0.15) is 6.17 Å². The second-order valence-electron chi connectivity index (χ2n) is 6.39. The molecule has 0 aromatic heterocycles. The number of hydrogen-bond donors (Lipinski definition) is 0. The molecule has 0 fully saturated rings. The topological polar surface area (TPSA) is 6.48 Å². The van der Waals surface area contributed by atoms with Crippen LogP contribution >= 0.6 is 0 Å². The summed E-state index contributed by atoms with van der Waals surface area (Å²) < 4.78 is 0. The van der Waals surface area contributed by atoms with Gasteiger partial charge in [0, 0.05) is 18.4 Å². The molecule has 112 valence electrons. The Morgan fingerprint density at radius 2 is 1.81 bits per heavy atom. The molecular formula is C19H26N2. The molecular weight excluding hydrogens is 256 g/mol. The molecule has 0 saturated heterocycles. The van der Waals surface area contributed by atoms with Crippen LogP contribution in [-0.4, -0.2) is 18.1 Å². The molecule has 1 unspecified atom stereocenters. The third-order valence-electron chi connectivity index (χ3n) is 4.79. The Kier molecular flexibility index (Phi) is 3.56. The molecule has 0 bridgehead atoms. The van der Waals surface area contributed by atoms with Crippen molar-refractivity contribution in [3.63, 3.8) is 0 Å². The first-order chi connectivity index (χ1) is 10.0. The fourth-order valence-corrected chi connectivity index (χ4v) is 4.01. The van der Waals surface area contributed by atoms with Crippen LogP contribution in [0.5, 0.6) is 0 Å². The van der Waals surface area contributed by atoms with E-state index in [2.05, 4.69) is 68.8 Å². The summed E-state index contributed by atoms with van der Waals surface area (Å²) in [6.45, 7) is 8.96. The third kappa shape index (κ3) is 2.17. The van der Waals surface area contributed by atoms with E-state index in [9.17, 15) is 0 Å².